The molecule has 1 aliphatic rings. The lowest BCUT2D eigenvalue weighted by molar-refractivity contribution is 0.0700. The molecular formula is C26H24N4O3. The number of nitrogens with zero attached hydrogens (tertiary/aromatic N) is 3. The highest BCUT2D eigenvalue weighted by atomic mass is 16.3. The Morgan fingerprint density at radius 3 is 2.70 bits per heavy atom. The van der Waals surface area contributed by atoms with E-state index < -0.39 is 0 Å². The van der Waals surface area contributed by atoms with Crippen LogP contribution < -0.4 is 5.32 Å². The molecule has 0 spiro atoms. The summed E-state index contributed by atoms with van der Waals surface area (Å²) in [4.78, 5) is 36.7. The maximum absolute atomic E-state index is 13.6. The number of nitrogens with one attached hydrogen (secondary N) is 1. The van der Waals surface area contributed by atoms with Crippen LogP contribution in [0.5, 0.6) is 0 Å². The average molecular weight is 441 g/mol. The molecule has 1 N–H and O–H groups in total. The highest BCUT2D eigenvalue weighted by molar-refractivity contribution is 6.09. The van der Waals surface area contributed by atoms with Crippen LogP contribution in [0, 0.1) is 6.92 Å². The quantitative estimate of drug-likeness (QED) is 0.492. The molecule has 0 aliphatic carbocycles. The molecule has 4 aromatic rings. The van der Waals surface area contributed by atoms with Gasteiger partial charge in [0.25, 0.3) is 11.8 Å². The van der Waals surface area contributed by atoms with Crippen molar-refractivity contribution in [2.45, 2.75) is 25.7 Å². The number of piperidine rings is 1. The first-order chi connectivity index (χ1) is 16.1. The van der Waals surface area contributed by atoms with E-state index in [0.29, 0.717) is 35.8 Å². The van der Waals surface area contributed by atoms with E-state index >= 15 is 0 Å². The van der Waals surface area contributed by atoms with Gasteiger partial charge in [-0.2, -0.15) is 0 Å². The van der Waals surface area contributed by atoms with E-state index in [-0.39, 0.29) is 17.7 Å². The molecule has 1 atom stereocenters. The Kier molecular flexibility index (Phi) is 5.60. The Morgan fingerprint density at radius 2 is 1.88 bits per heavy atom. The summed E-state index contributed by atoms with van der Waals surface area (Å²) in [6.07, 6.45) is 4.91. The maximum Gasteiger partial charge on any atom is 0.255 e. The fourth-order valence-electron chi connectivity index (χ4n) is 4.30. The van der Waals surface area contributed by atoms with Gasteiger partial charge in [0.05, 0.1) is 17.2 Å². The summed E-state index contributed by atoms with van der Waals surface area (Å²) in [6.45, 7) is 3.06. The van der Waals surface area contributed by atoms with E-state index in [2.05, 4.69) is 15.3 Å². The largest absolute Gasteiger partial charge is 0.440 e. The molecular weight excluding hydrogens is 416 g/mol. The van der Waals surface area contributed by atoms with Gasteiger partial charge >= 0.3 is 0 Å². The Hall–Kier alpha value is -4.00. The minimum Gasteiger partial charge on any atom is -0.440 e. The van der Waals surface area contributed by atoms with Gasteiger partial charge in [-0.3, -0.25) is 14.6 Å². The third-order valence-electron chi connectivity index (χ3n) is 6.05. The van der Waals surface area contributed by atoms with Crippen molar-refractivity contribution in [3.05, 3.63) is 89.6 Å². The third kappa shape index (κ3) is 4.22. The summed E-state index contributed by atoms with van der Waals surface area (Å²) in [5.41, 5.74) is 3.92. The number of hydrogen-bond donors (Lipinski definition) is 1. The Balaban J connectivity index is 1.38. The molecule has 1 unspecified atom stereocenters. The Morgan fingerprint density at radius 1 is 1.06 bits per heavy atom. The minimum absolute atomic E-state index is 0.0368. The maximum atomic E-state index is 13.6. The van der Waals surface area contributed by atoms with E-state index in [4.69, 9.17) is 4.42 Å². The zero-order chi connectivity index (χ0) is 22.8. The zero-order valence-corrected chi connectivity index (χ0v) is 18.3. The molecule has 2 aromatic carbocycles. The molecule has 3 heterocycles. The highest BCUT2D eigenvalue weighted by Gasteiger charge is 2.30. The van der Waals surface area contributed by atoms with Crippen LogP contribution in [0.3, 0.4) is 0 Å². The average Bonchev–Trinajstić information content (AvgIpc) is 3.30. The van der Waals surface area contributed by atoms with Gasteiger partial charge in [-0.1, -0.05) is 24.3 Å². The van der Waals surface area contributed by atoms with Gasteiger partial charge in [-0.25, -0.2) is 4.98 Å². The summed E-state index contributed by atoms with van der Waals surface area (Å²) in [5.74, 6) is 0.326. The first kappa shape index (κ1) is 20.9. The zero-order valence-electron chi connectivity index (χ0n) is 18.3. The van der Waals surface area contributed by atoms with Crippen LogP contribution in [0.1, 0.15) is 50.9 Å². The minimum atomic E-state index is -0.274. The molecule has 2 aromatic heterocycles. The van der Waals surface area contributed by atoms with Gasteiger partial charge in [0.1, 0.15) is 5.52 Å². The summed E-state index contributed by atoms with van der Waals surface area (Å²) in [7, 11) is 0. The van der Waals surface area contributed by atoms with Gasteiger partial charge in [0, 0.05) is 31.0 Å². The SMILES string of the molecule is Cc1cccc(C(=O)N2CCCC(c3nc4ccccc4o3)C2)c1NC(=O)c1ccncc1. The fraction of sp³-hybridized carbons (Fsp3) is 0.231. The van der Waals surface area contributed by atoms with Crippen LogP contribution >= 0.6 is 0 Å². The second kappa shape index (κ2) is 8.86. The van der Waals surface area contributed by atoms with Crippen molar-refractivity contribution in [1.29, 1.82) is 0 Å². The number of anilines is 1. The van der Waals surface area contributed by atoms with E-state index in [1.165, 1.54) is 0 Å². The van der Waals surface area contributed by atoms with Crippen LogP contribution in [-0.4, -0.2) is 39.8 Å². The van der Waals surface area contributed by atoms with Crippen LogP contribution in [0.2, 0.25) is 0 Å². The standard InChI is InChI=1S/C26H24N4O3/c1-17-6-4-8-20(23(17)29-24(31)18-11-13-27-14-12-18)26(32)30-15-5-7-19(16-30)25-28-21-9-2-3-10-22(21)33-25/h2-4,6,8-14,19H,5,7,15-16H2,1H3,(H,29,31). The molecule has 0 bridgehead atoms. The molecule has 0 saturated carbocycles. The van der Waals surface area contributed by atoms with E-state index in [1.807, 2.05) is 48.2 Å². The molecule has 1 saturated heterocycles. The lowest BCUT2D eigenvalue weighted by Crippen LogP contribution is -2.39. The molecule has 7 heteroatoms. The summed E-state index contributed by atoms with van der Waals surface area (Å²) >= 11 is 0. The number of aryl methyl sites for hydroxylation is 1. The number of rotatable bonds is 4. The van der Waals surface area contributed by atoms with Crippen molar-refractivity contribution in [2.75, 3.05) is 18.4 Å². The van der Waals surface area contributed by atoms with Crippen molar-refractivity contribution in [3.8, 4) is 0 Å². The first-order valence-electron chi connectivity index (χ1n) is 11.1. The number of likely N-dealkylation sites (tertiary alicyclic amines) is 1. The molecule has 0 radical (unpaired) electrons. The Labute approximate surface area is 191 Å². The van der Waals surface area contributed by atoms with Crippen LogP contribution in [0.15, 0.2) is 71.4 Å². The molecule has 5 rings (SSSR count). The van der Waals surface area contributed by atoms with E-state index in [9.17, 15) is 9.59 Å². The lowest BCUT2D eigenvalue weighted by Gasteiger charge is -2.32. The fourth-order valence-corrected chi connectivity index (χ4v) is 4.30. The lowest BCUT2D eigenvalue weighted by atomic mass is 9.96. The Bertz CT molecular complexity index is 1280. The molecule has 2 amide bonds. The number of amides is 2. The van der Waals surface area contributed by atoms with E-state index in [1.54, 1.807) is 30.6 Å². The highest BCUT2D eigenvalue weighted by Crippen LogP contribution is 2.31. The second-order valence-corrected chi connectivity index (χ2v) is 8.30. The van der Waals surface area contributed by atoms with Crippen LogP contribution in [-0.2, 0) is 0 Å². The van der Waals surface area contributed by atoms with Gasteiger partial charge in [-0.05, 0) is 55.7 Å². The first-order valence-corrected chi connectivity index (χ1v) is 11.1. The van der Waals surface area contributed by atoms with Crippen LogP contribution in [0.4, 0.5) is 5.69 Å². The summed E-state index contributed by atoms with van der Waals surface area (Å²) < 4.78 is 5.97. The number of hydrogen-bond acceptors (Lipinski definition) is 5. The van der Waals surface area contributed by atoms with Crippen molar-refractivity contribution < 1.29 is 14.0 Å². The third-order valence-corrected chi connectivity index (χ3v) is 6.05. The number of para-hydroxylation sites is 3. The molecule has 33 heavy (non-hydrogen) atoms. The van der Waals surface area contributed by atoms with Crippen molar-refractivity contribution >= 4 is 28.6 Å². The molecule has 1 aliphatic heterocycles. The number of oxazole rings is 1. The number of pyridine rings is 1. The van der Waals surface area contributed by atoms with Crippen LogP contribution in [0.25, 0.3) is 11.1 Å². The molecule has 166 valence electrons. The monoisotopic (exact) mass is 440 g/mol. The summed E-state index contributed by atoms with van der Waals surface area (Å²) in [5, 5.41) is 2.93. The van der Waals surface area contributed by atoms with Gasteiger partial charge in [0.2, 0.25) is 0 Å². The number of carbonyl (C=O) groups excluding carboxylic acids is 2. The van der Waals surface area contributed by atoms with E-state index in [0.717, 1.165) is 29.5 Å². The van der Waals surface area contributed by atoms with Crippen molar-refractivity contribution in [3.63, 3.8) is 0 Å². The van der Waals surface area contributed by atoms with Crippen molar-refractivity contribution in [1.82, 2.24) is 14.9 Å². The van der Waals surface area contributed by atoms with Gasteiger partial charge in [0.15, 0.2) is 11.5 Å². The summed E-state index contributed by atoms with van der Waals surface area (Å²) in [6, 6.07) is 16.5. The second-order valence-electron chi connectivity index (χ2n) is 8.30. The van der Waals surface area contributed by atoms with Crippen molar-refractivity contribution in [2.24, 2.45) is 0 Å². The number of fused-ring (bicyclic) bond motifs is 1. The van der Waals surface area contributed by atoms with Gasteiger partial charge < -0.3 is 14.6 Å². The van der Waals surface area contributed by atoms with Gasteiger partial charge in [-0.15, -0.1) is 0 Å². The number of benzene rings is 2. The topological polar surface area (TPSA) is 88.3 Å². The normalized spacial score (nSPS) is 16.0. The smallest absolute Gasteiger partial charge is 0.255 e. The molecule has 7 nitrogen and oxygen atoms in total. The predicted octanol–water partition coefficient (Wildman–Crippen LogP) is 4.80. The predicted molar refractivity (Wildman–Crippen MR) is 125 cm³/mol. The number of carbonyl (C=O) groups is 2. The number of aromatic nitrogens is 2. The molecule has 1 fully saturated rings.